The summed E-state index contributed by atoms with van der Waals surface area (Å²) < 4.78 is 5.29. The van der Waals surface area contributed by atoms with Gasteiger partial charge < -0.3 is 15.4 Å². The van der Waals surface area contributed by atoms with Gasteiger partial charge in [0.15, 0.2) is 0 Å². The van der Waals surface area contributed by atoms with Crippen LogP contribution in [0.5, 0.6) is 0 Å². The van der Waals surface area contributed by atoms with E-state index in [-0.39, 0.29) is 24.1 Å². The molecule has 2 heterocycles. The lowest BCUT2D eigenvalue weighted by Crippen LogP contribution is -2.42. The van der Waals surface area contributed by atoms with Gasteiger partial charge in [-0.3, -0.25) is 4.79 Å². The minimum atomic E-state index is -0.123. The molecule has 5 heteroatoms. The lowest BCUT2D eigenvalue weighted by Gasteiger charge is -2.27. The minimum Gasteiger partial charge on any atom is -0.380 e. The molecule has 108 valence electrons. The molecule has 0 aliphatic carbocycles. The molecule has 1 aromatic carbocycles. The van der Waals surface area contributed by atoms with Gasteiger partial charge in [0.05, 0.1) is 18.2 Å². The van der Waals surface area contributed by atoms with Gasteiger partial charge in [0.1, 0.15) is 0 Å². The van der Waals surface area contributed by atoms with Crippen molar-refractivity contribution in [1.82, 2.24) is 10.6 Å². The van der Waals surface area contributed by atoms with Gasteiger partial charge in [0, 0.05) is 24.3 Å². The average Bonchev–Trinajstić information content (AvgIpc) is 2.97. The number of ether oxygens (including phenoxy) is 1. The first-order valence-corrected chi connectivity index (χ1v) is 8.05. The lowest BCUT2D eigenvalue weighted by molar-refractivity contribution is -0.123. The third-order valence-corrected chi connectivity index (χ3v) is 5.14. The van der Waals surface area contributed by atoms with E-state index in [0.717, 1.165) is 25.1 Å². The quantitative estimate of drug-likeness (QED) is 0.890. The normalized spacial score (nSPS) is 28.9. The number of hydrogen-bond donors (Lipinski definition) is 2. The second kappa shape index (κ2) is 6.16. The molecule has 3 rings (SSSR count). The fourth-order valence-electron chi connectivity index (χ4n) is 2.85. The third-order valence-electron chi connectivity index (χ3n) is 4.02. The van der Waals surface area contributed by atoms with E-state index in [1.54, 1.807) is 7.11 Å². The van der Waals surface area contributed by atoms with Gasteiger partial charge in [-0.15, -0.1) is 11.8 Å². The summed E-state index contributed by atoms with van der Waals surface area (Å²) in [5, 5.41) is 6.42. The Hall–Kier alpha value is -1.04. The number of carbonyl (C=O) groups excluding carboxylic acids is 1. The van der Waals surface area contributed by atoms with E-state index in [2.05, 4.69) is 28.8 Å². The molecule has 0 spiro atoms. The van der Waals surface area contributed by atoms with Crippen molar-refractivity contribution in [2.75, 3.05) is 19.4 Å². The molecule has 2 aliphatic rings. The number of fused-ring (bicyclic) bond motifs is 1. The first-order chi connectivity index (χ1) is 9.78. The first kappa shape index (κ1) is 13.9. The highest BCUT2D eigenvalue weighted by Crippen LogP contribution is 2.35. The highest BCUT2D eigenvalue weighted by molar-refractivity contribution is 7.99. The van der Waals surface area contributed by atoms with Crippen LogP contribution in [-0.2, 0) is 9.53 Å². The molecule has 0 bridgehead atoms. The molecule has 3 unspecified atom stereocenters. The fraction of sp³-hybridized carbons (Fsp3) is 0.533. The van der Waals surface area contributed by atoms with Crippen molar-refractivity contribution in [2.24, 2.45) is 0 Å². The van der Waals surface area contributed by atoms with Crippen LogP contribution in [-0.4, -0.2) is 37.5 Å². The molecule has 0 aromatic heterocycles. The molecular weight excluding hydrogens is 272 g/mol. The van der Waals surface area contributed by atoms with E-state index in [4.69, 9.17) is 4.74 Å². The Morgan fingerprint density at radius 3 is 3.10 bits per heavy atom. The zero-order valence-corrected chi connectivity index (χ0v) is 12.4. The zero-order valence-electron chi connectivity index (χ0n) is 11.6. The molecule has 4 nitrogen and oxygen atoms in total. The third kappa shape index (κ3) is 2.85. The maximum atomic E-state index is 12.3. The fourth-order valence-corrected chi connectivity index (χ4v) is 3.97. The number of amides is 1. The number of nitrogens with one attached hydrogen (secondary N) is 2. The standard InChI is InChI=1S/C15H20N2O2S/c1-19-10-8-13(16-9-10)15(18)17-12-6-7-20-14-5-3-2-4-11(12)14/h2-5,10,12-13,16H,6-9H2,1H3,(H,17,18). The van der Waals surface area contributed by atoms with Gasteiger partial charge in [0.2, 0.25) is 5.91 Å². The Labute approximate surface area is 123 Å². The van der Waals surface area contributed by atoms with Crippen molar-refractivity contribution in [3.8, 4) is 0 Å². The summed E-state index contributed by atoms with van der Waals surface area (Å²) in [4.78, 5) is 13.6. The molecule has 1 aromatic rings. The Balaban J connectivity index is 1.65. The number of benzene rings is 1. The van der Waals surface area contributed by atoms with Crippen molar-refractivity contribution in [3.63, 3.8) is 0 Å². The van der Waals surface area contributed by atoms with Crippen molar-refractivity contribution >= 4 is 17.7 Å². The summed E-state index contributed by atoms with van der Waals surface area (Å²) in [6.45, 7) is 0.756. The van der Waals surface area contributed by atoms with Crippen LogP contribution < -0.4 is 10.6 Å². The van der Waals surface area contributed by atoms with Crippen molar-refractivity contribution in [2.45, 2.75) is 35.9 Å². The van der Waals surface area contributed by atoms with Crippen LogP contribution in [0.3, 0.4) is 0 Å². The summed E-state index contributed by atoms with van der Waals surface area (Å²) in [5.41, 5.74) is 1.25. The summed E-state index contributed by atoms with van der Waals surface area (Å²) >= 11 is 1.87. The molecule has 0 radical (unpaired) electrons. The van der Waals surface area contributed by atoms with Crippen LogP contribution in [0.25, 0.3) is 0 Å². The number of rotatable bonds is 3. The smallest absolute Gasteiger partial charge is 0.237 e. The number of methoxy groups -OCH3 is 1. The molecular formula is C15H20N2O2S. The van der Waals surface area contributed by atoms with E-state index < -0.39 is 0 Å². The van der Waals surface area contributed by atoms with Crippen LogP contribution in [0, 0.1) is 0 Å². The second-order valence-electron chi connectivity index (χ2n) is 5.29. The van der Waals surface area contributed by atoms with Crippen LogP contribution >= 0.6 is 11.8 Å². The summed E-state index contributed by atoms with van der Waals surface area (Å²) in [6.07, 6.45) is 1.90. The Morgan fingerprint density at radius 1 is 1.45 bits per heavy atom. The molecule has 1 amide bonds. The van der Waals surface area contributed by atoms with E-state index in [9.17, 15) is 4.79 Å². The molecule has 1 saturated heterocycles. The van der Waals surface area contributed by atoms with E-state index in [1.807, 2.05) is 17.8 Å². The van der Waals surface area contributed by atoms with Gasteiger partial charge in [0.25, 0.3) is 0 Å². The Bertz CT molecular complexity index is 495. The number of hydrogen-bond acceptors (Lipinski definition) is 4. The predicted octanol–water partition coefficient (Wildman–Crippen LogP) is 1.72. The van der Waals surface area contributed by atoms with Crippen LogP contribution in [0.1, 0.15) is 24.4 Å². The monoisotopic (exact) mass is 292 g/mol. The van der Waals surface area contributed by atoms with Crippen LogP contribution in [0.4, 0.5) is 0 Å². The Kier molecular flexibility index (Phi) is 4.29. The minimum absolute atomic E-state index is 0.0938. The summed E-state index contributed by atoms with van der Waals surface area (Å²) in [7, 11) is 1.70. The van der Waals surface area contributed by atoms with E-state index in [1.165, 1.54) is 10.5 Å². The number of carbonyl (C=O) groups is 1. The van der Waals surface area contributed by atoms with Gasteiger partial charge in [-0.2, -0.15) is 0 Å². The Morgan fingerprint density at radius 2 is 2.30 bits per heavy atom. The largest absolute Gasteiger partial charge is 0.380 e. The maximum Gasteiger partial charge on any atom is 0.237 e. The van der Waals surface area contributed by atoms with Gasteiger partial charge in [-0.05, 0) is 24.5 Å². The van der Waals surface area contributed by atoms with Crippen molar-refractivity contribution in [1.29, 1.82) is 0 Å². The van der Waals surface area contributed by atoms with Gasteiger partial charge >= 0.3 is 0 Å². The predicted molar refractivity (Wildman–Crippen MR) is 79.9 cm³/mol. The molecule has 3 atom stereocenters. The van der Waals surface area contributed by atoms with E-state index >= 15 is 0 Å². The van der Waals surface area contributed by atoms with Crippen LogP contribution in [0.15, 0.2) is 29.2 Å². The van der Waals surface area contributed by atoms with Crippen LogP contribution in [0.2, 0.25) is 0 Å². The van der Waals surface area contributed by atoms with Gasteiger partial charge in [-0.25, -0.2) is 0 Å². The molecule has 20 heavy (non-hydrogen) atoms. The molecule has 1 fully saturated rings. The lowest BCUT2D eigenvalue weighted by atomic mass is 10.0. The number of thioether (sulfide) groups is 1. The highest BCUT2D eigenvalue weighted by atomic mass is 32.2. The van der Waals surface area contributed by atoms with Crippen molar-refractivity contribution in [3.05, 3.63) is 29.8 Å². The molecule has 0 saturated carbocycles. The second-order valence-corrected chi connectivity index (χ2v) is 6.43. The molecule has 2 N–H and O–H groups in total. The average molecular weight is 292 g/mol. The highest BCUT2D eigenvalue weighted by Gasteiger charge is 2.31. The summed E-state index contributed by atoms with van der Waals surface area (Å²) in [6, 6.07) is 8.36. The zero-order chi connectivity index (χ0) is 13.9. The first-order valence-electron chi connectivity index (χ1n) is 7.06. The van der Waals surface area contributed by atoms with Gasteiger partial charge in [-0.1, -0.05) is 18.2 Å². The summed E-state index contributed by atoms with van der Waals surface area (Å²) in [5.74, 6) is 1.15. The SMILES string of the molecule is COC1CNC(C(=O)NC2CCSc3ccccc32)C1. The maximum absolute atomic E-state index is 12.3. The van der Waals surface area contributed by atoms with Crippen molar-refractivity contribution < 1.29 is 9.53 Å². The topological polar surface area (TPSA) is 50.4 Å². The van der Waals surface area contributed by atoms with E-state index in [0.29, 0.717) is 0 Å². The molecule has 2 aliphatic heterocycles.